The van der Waals surface area contributed by atoms with E-state index >= 15 is 0 Å². The molecule has 0 radical (unpaired) electrons. The molecule has 0 aliphatic carbocycles. The molecule has 0 aliphatic rings. The van der Waals surface area contributed by atoms with Crippen molar-refractivity contribution >= 4 is 33.6 Å². The highest BCUT2D eigenvalue weighted by Gasteiger charge is 2.21. The predicted molar refractivity (Wildman–Crippen MR) is 201 cm³/mol. The zero-order chi connectivity index (χ0) is 34.3. The van der Waals surface area contributed by atoms with E-state index in [1.54, 1.807) is 12.1 Å². The van der Waals surface area contributed by atoms with Crippen molar-refractivity contribution in [2.75, 3.05) is 38.7 Å². The van der Waals surface area contributed by atoms with E-state index in [1.165, 1.54) is 12.7 Å². The maximum absolute atomic E-state index is 12.2. The second-order valence-corrected chi connectivity index (χ2v) is 25.8. The van der Waals surface area contributed by atoms with Crippen LogP contribution < -0.4 is 4.90 Å². The summed E-state index contributed by atoms with van der Waals surface area (Å²) in [5, 5.41) is 4.87. The fourth-order valence-corrected chi connectivity index (χ4v) is 6.68. The Morgan fingerprint density at radius 1 is 0.729 bits per heavy atom. The number of methoxy groups -OCH3 is 1. The van der Waals surface area contributed by atoms with Crippen LogP contribution in [0.15, 0.2) is 91.1 Å². The van der Waals surface area contributed by atoms with Gasteiger partial charge in [0.05, 0.1) is 24.6 Å². The molecule has 0 bridgehead atoms. The lowest BCUT2D eigenvalue weighted by Crippen LogP contribution is -2.33. The van der Waals surface area contributed by atoms with Gasteiger partial charge in [-0.15, -0.1) is 0 Å². The highest BCUT2D eigenvalue weighted by atomic mass is 28.3. The SMILES string of the molecule is COC(=O)c1ccc(-c2cc(N(COCC[Si](C)(C)C)COCC[Si](C)(C)C)n3ncc(-c4ccc(-c5ccccc5)cc4)c3n2)cc1. The van der Waals surface area contributed by atoms with Crippen LogP contribution in [0, 0.1) is 0 Å². The Labute approximate surface area is 286 Å². The number of fused-ring (bicyclic) bond motifs is 1. The van der Waals surface area contributed by atoms with Gasteiger partial charge in [-0.25, -0.2) is 9.78 Å². The molecule has 0 fully saturated rings. The molecule has 48 heavy (non-hydrogen) atoms. The van der Waals surface area contributed by atoms with Crippen molar-refractivity contribution in [3.8, 4) is 33.5 Å². The van der Waals surface area contributed by atoms with Gasteiger partial charge in [0, 0.05) is 46.6 Å². The first-order chi connectivity index (χ1) is 22.9. The lowest BCUT2D eigenvalue weighted by molar-refractivity contribution is 0.0600. The lowest BCUT2D eigenvalue weighted by Gasteiger charge is -2.27. The van der Waals surface area contributed by atoms with Gasteiger partial charge in [0.1, 0.15) is 19.3 Å². The van der Waals surface area contributed by atoms with Crippen LogP contribution in [0.1, 0.15) is 10.4 Å². The molecule has 0 amide bonds. The molecule has 5 aromatic rings. The molecular weight excluding hydrogens is 633 g/mol. The number of rotatable bonds is 15. The van der Waals surface area contributed by atoms with Crippen molar-refractivity contribution in [3.63, 3.8) is 0 Å². The second-order valence-electron chi connectivity index (χ2n) is 14.5. The number of nitrogens with zero attached hydrogens (tertiary/aromatic N) is 4. The summed E-state index contributed by atoms with van der Waals surface area (Å²) in [6.45, 7) is 16.2. The van der Waals surface area contributed by atoms with E-state index in [-0.39, 0.29) is 5.97 Å². The number of hydrogen-bond acceptors (Lipinski definition) is 7. The van der Waals surface area contributed by atoms with E-state index in [4.69, 9.17) is 24.3 Å². The summed E-state index contributed by atoms with van der Waals surface area (Å²) in [5.41, 5.74) is 7.09. The van der Waals surface area contributed by atoms with Crippen LogP contribution in [0.25, 0.3) is 39.2 Å². The fourth-order valence-electron chi connectivity index (χ4n) is 5.17. The first kappa shape index (κ1) is 35.2. The van der Waals surface area contributed by atoms with Gasteiger partial charge in [0.2, 0.25) is 0 Å². The number of carbonyl (C=O) groups is 1. The third-order valence-electron chi connectivity index (χ3n) is 8.17. The Bertz CT molecular complexity index is 1770. The monoisotopic (exact) mass is 680 g/mol. The van der Waals surface area contributed by atoms with E-state index < -0.39 is 16.1 Å². The van der Waals surface area contributed by atoms with E-state index in [0.717, 1.165) is 51.5 Å². The third-order valence-corrected chi connectivity index (χ3v) is 11.6. The first-order valence-electron chi connectivity index (χ1n) is 16.6. The molecule has 5 rings (SSSR count). The Balaban J connectivity index is 1.56. The Morgan fingerprint density at radius 2 is 1.27 bits per heavy atom. The smallest absolute Gasteiger partial charge is 0.337 e. The second kappa shape index (κ2) is 15.4. The largest absolute Gasteiger partial charge is 0.465 e. The van der Waals surface area contributed by atoms with Crippen LogP contribution in [0.4, 0.5) is 5.82 Å². The van der Waals surface area contributed by atoms with Crippen molar-refractivity contribution in [1.82, 2.24) is 14.6 Å². The number of ether oxygens (including phenoxy) is 3. The molecule has 0 aliphatic heterocycles. The summed E-state index contributed by atoms with van der Waals surface area (Å²) in [6, 6.07) is 30.4. The van der Waals surface area contributed by atoms with Crippen molar-refractivity contribution in [3.05, 3.63) is 96.7 Å². The number of anilines is 1. The van der Waals surface area contributed by atoms with Gasteiger partial charge in [-0.05, 0) is 40.9 Å². The van der Waals surface area contributed by atoms with Crippen LogP contribution in [0.3, 0.4) is 0 Å². The van der Waals surface area contributed by atoms with Gasteiger partial charge in [-0.3, -0.25) is 0 Å². The quantitative estimate of drug-likeness (QED) is 0.0473. The minimum atomic E-state index is -1.26. The molecule has 3 aromatic carbocycles. The predicted octanol–water partition coefficient (Wildman–Crippen LogP) is 8.95. The normalized spacial score (nSPS) is 12.0. The number of benzene rings is 3. The lowest BCUT2D eigenvalue weighted by atomic mass is 10.0. The summed E-state index contributed by atoms with van der Waals surface area (Å²) in [5.74, 6) is 0.444. The standard InChI is InChI=1S/C38H48N4O4Si2/c1-44-38(43)33-19-17-32(18-20-33)35-25-36(41(27-45-21-23-47(2,3)4)28-46-22-24-48(5,6)7)42-37(40-35)34(26-39-42)31-15-13-30(14-16-31)29-11-9-8-10-12-29/h8-20,25-26H,21-24,27-28H2,1-7H3. The molecule has 10 heteroatoms. The van der Waals surface area contributed by atoms with Crippen molar-refractivity contribution in [2.45, 2.75) is 51.4 Å². The summed E-state index contributed by atoms with van der Waals surface area (Å²) < 4.78 is 19.4. The summed E-state index contributed by atoms with van der Waals surface area (Å²) >= 11 is 0. The van der Waals surface area contributed by atoms with Gasteiger partial charge < -0.3 is 19.1 Å². The maximum atomic E-state index is 12.2. The van der Waals surface area contributed by atoms with Gasteiger partial charge in [0.15, 0.2) is 5.65 Å². The molecular formula is C38H48N4O4Si2. The molecule has 0 atom stereocenters. The van der Waals surface area contributed by atoms with Gasteiger partial charge in [0.25, 0.3) is 0 Å². The van der Waals surface area contributed by atoms with Gasteiger partial charge in [-0.2, -0.15) is 9.61 Å². The van der Waals surface area contributed by atoms with E-state index in [9.17, 15) is 4.79 Å². The van der Waals surface area contributed by atoms with Crippen LogP contribution >= 0.6 is 0 Å². The molecule has 0 saturated carbocycles. The Morgan fingerprint density at radius 3 is 1.83 bits per heavy atom. The van der Waals surface area contributed by atoms with Crippen LogP contribution in [-0.2, 0) is 14.2 Å². The minimum Gasteiger partial charge on any atom is -0.465 e. The number of hydrogen-bond donors (Lipinski definition) is 0. The Kier molecular flexibility index (Phi) is 11.3. The highest BCUT2D eigenvalue weighted by molar-refractivity contribution is 6.76. The van der Waals surface area contributed by atoms with Crippen molar-refractivity contribution in [2.24, 2.45) is 0 Å². The van der Waals surface area contributed by atoms with E-state index in [2.05, 4.69) is 92.7 Å². The molecule has 0 unspecified atom stereocenters. The topological polar surface area (TPSA) is 78.2 Å². The molecule has 0 N–H and O–H groups in total. The minimum absolute atomic E-state index is 0.359. The summed E-state index contributed by atoms with van der Waals surface area (Å²) in [6.07, 6.45) is 1.88. The molecule has 0 spiro atoms. The van der Waals surface area contributed by atoms with Gasteiger partial charge >= 0.3 is 5.97 Å². The average Bonchev–Trinajstić information content (AvgIpc) is 3.50. The van der Waals surface area contributed by atoms with Crippen LogP contribution in [0.2, 0.25) is 51.4 Å². The summed E-state index contributed by atoms with van der Waals surface area (Å²) in [4.78, 5) is 19.4. The van der Waals surface area contributed by atoms with Crippen LogP contribution in [-0.4, -0.2) is 70.5 Å². The van der Waals surface area contributed by atoms with E-state index in [1.807, 2.05) is 35.0 Å². The Hall–Kier alpha value is -4.10. The molecule has 0 saturated heterocycles. The average molecular weight is 681 g/mol. The molecule has 8 nitrogen and oxygen atoms in total. The molecule has 252 valence electrons. The highest BCUT2D eigenvalue weighted by Crippen LogP contribution is 2.32. The zero-order valence-corrected chi connectivity index (χ0v) is 31.3. The molecule has 2 aromatic heterocycles. The summed E-state index contributed by atoms with van der Waals surface area (Å²) in [7, 11) is -1.14. The fraction of sp³-hybridized carbons (Fsp3) is 0.342. The number of aromatic nitrogens is 3. The number of carbonyl (C=O) groups excluding carboxylic acids is 1. The van der Waals surface area contributed by atoms with E-state index in [0.29, 0.717) is 32.2 Å². The first-order valence-corrected chi connectivity index (χ1v) is 24.0. The van der Waals surface area contributed by atoms with Gasteiger partial charge in [-0.1, -0.05) is 106 Å². The van der Waals surface area contributed by atoms with Crippen molar-refractivity contribution in [1.29, 1.82) is 0 Å². The zero-order valence-electron chi connectivity index (χ0n) is 29.3. The van der Waals surface area contributed by atoms with Crippen molar-refractivity contribution < 1.29 is 19.0 Å². The third kappa shape index (κ3) is 9.28. The van der Waals surface area contributed by atoms with Crippen LogP contribution in [0.5, 0.6) is 0 Å². The number of esters is 1. The maximum Gasteiger partial charge on any atom is 0.337 e. The molecule has 2 heterocycles.